The predicted octanol–water partition coefficient (Wildman–Crippen LogP) is 1.35. The molecule has 0 saturated heterocycles. The average molecular weight is 335 g/mol. The van der Waals surface area contributed by atoms with Gasteiger partial charge in [-0.2, -0.15) is 8.42 Å². The minimum atomic E-state index is -3.55. The van der Waals surface area contributed by atoms with E-state index >= 15 is 0 Å². The first-order chi connectivity index (χ1) is 10.9. The molecular formula is C17H23N2O3S+. The summed E-state index contributed by atoms with van der Waals surface area (Å²) < 4.78 is 28.6. The molecular weight excluding hydrogens is 312 g/mol. The highest BCUT2D eigenvalue weighted by molar-refractivity contribution is 7.84. The third-order valence-corrected chi connectivity index (χ3v) is 4.59. The fourth-order valence-electron chi connectivity index (χ4n) is 2.40. The fraction of sp³-hybridized carbons (Fsp3) is 0.294. The standard InChI is InChI=1S/C17H22N2O3S/c1-13(19-12-14-6-4-3-5-7-14)10-15-8-9-16(22-2)17(11-15)23(18,20)21/h3-9,11,13,19H,10,12H2,1-2H3,(H2,18,20,21)/p+1. The second-order valence-electron chi connectivity index (χ2n) is 5.57. The van der Waals surface area contributed by atoms with E-state index in [1.54, 1.807) is 12.1 Å². The van der Waals surface area contributed by atoms with Gasteiger partial charge in [0.25, 0.3) is 0 Å². The predicted molar refractivity (Wildman–Crippen MR) is 89.5 cm³/mol. The van der Waals surface area contributed by atoms with Crippen LogP contribution in [0.15, 0.2) is 53.4 Å². The molecule has 2 aromatic rings. The summed E-state index contributed by atoms with van der Waals surface area (Å²) in [5.74, 6) is 0.327. The van der Waals surface area contributed by atoms with Gasteiger partial charge in [0.15, 0.2) is 4.90 Å². The lowest BCUT2D eigenvalue weighted by atomic mass is 10.1. The molecule has 0 radical (unpaired) electrons. The Bertz CT molecular complexity index is 746. The second kappa shape index (κ2) is 7.59. The zero-order chi connectivity index (χ0) is 16.9. The maximum atomic E-state index is 11.8. The summed E-state index contributed by atoms with van der Waals surface area (Å²) in [7, 11) is -2.10. The van der Waals surface area contributed by atoms with Crippen molar-refractivity contribution in [3.05, 3.63) is 59.7 Å². The summed E-state index contributed by atoms with van der Waals surface area (Å²) in [6.45, 7) is 2.85. The minimum Gasteiger partial charge on any atom is -0.495 e. The van der Waals surface area contributed by atoms with Crippen molar-refractivity contribution in [2.24, 2.45) is 0 Å². The maximum Gasteiger partial charge on any atom is 0.326 e. The van der Waals surface area contributed by atoms with Crippen molar-refractivity contribution in [3.63, 3.8) is 0 Å². The molecule has 23 heavy (non-hydrogen) atoms. The van der Waals surface area contributed by atoms with Crippen LogP contribution >= 0.6 is 0 Å². The van der Waals surface area contributed by atoms with Crippen LogP contribution in [0.2, 0.25) is 0 Å². The van der Waals surface area contributed by atoms with Crippen LogP contribution in [0.1, 0.15) is 18.1 Å². The van der Waals surface area contributed by atoms with Crippen LogP contribution in [0.25, 0.3) is 0 Å². The number of hydrogen-bond donors (Lipinski definition) is 2. The Morgan fingerprint density at radius 2 is 1.83 bits per heavy atom. The Morgan fingerprint density at radius 1 is 1.13 bits per heavy atom. The largest absolute Gasteiger partial charge is 0.495 e. The van der Waals surface area contributed by atoms with Crippen molar-refractivity contribution < 1.29 is 18.3 Å². The normalized spacial score (nSPS) is 12.8. The average Bonchev–Trinajstić information content (AvgIpc) is 2.53. The third kappa shape index (κ3) is 5.06. The lowest BCUT2D eigenvalue weighted by Crippen LogP contribution is -2.56. The first-order valence-electron chi connectivity index (χ1n) is 7.42. The van der Waals surface area contributed by atoms with E-state index in [2.05, 4.69) is 29.5 Å². The van der Waals surface area contributed by atoms with Gasteiger partial charge in [0.05, 0.1) is 7.11 Å². The number of quaternary nitrogens is 1. The molecule has 1 atom stereocenters. The van der Waals surface area contributed by atoms with Gasteiger partial charge in [-0.15, -0.1) is 0 Å². The minimum absolute atomic E-state index is 0.132. The third-order valence-electron chi connectivity index (χ3n) is 3.60. The van der Waals surface area contributed by atoms with E-state index < -0.39 is 10.0 Å². The molecule has 0 fully saturated rings. The van der Waals surface area contributed by atoms with E-state index in [1.807, 2.05) is 24.3 Å². The molecule has 0 amide bonds. The summed E-state index contributed by atoms with van der Waals surface area (Å²) in [5.41, 5.74) is 2.15. The van der Waals surface area contributed by atoms with E-state index in [-0.39, 0.29) is 10.9 Å². The number of sulfonamides is 1. The van der Waals surface area contributed by atoms with E-state index in [1.165, 1.54) is 12.7 Å². The van der Waals surface area contributed by atoms with Gasteiger partial charge in [0.2, 0.25) is 0 Å². The molecule has 0 bridgehead atoms. The summed E-state index contributed by atoms with van der Waals surface area (Å²) in [4.78, 5) is 0.132. The van der Waals surface area contributed by atoms with Crippen molar-refractivity contribution in [2.45, 2.75) is 30.8 Å². The van der Waals surface area contributed by atoms with Crippen molar-refractivity contribution in [1.29, 1.82) is 0 Å². The Kier molecular flexibility index (Phi) is 5.76. The summed E-state index contributed by atoms with van der Waals surface area (Å²) in [6.07, 6.45) is 0.722. The zero-order valence-corrected chi connectivity index (χ0v) is 14.3. The number of hydrogen-bond acceptors (Lipinski definition) is 4. The van der Waals surface area contributed by atoms with Crippen molar-refractivity contribution in [2.75, 3.05) is 7.11 Å². The molecule has 2 rings (SSSR count). The number of benzene rings is 2. The number of rotatable bonds is 7. The van der Waals surface area contributed by atoms with E-state index in [4.69, 9.17) is 4.74 Å². The molecule has 0 heterocycles. The first-order valence-corrected chi connectivity index (χ1v) is 9.07. The Morgan fingerprint density at radius 3 is 2.43 bits per heavy atom. The van der Waals surface area contributed by atoms with Gasteiger partial charge in [-0.25, -0.2) is 5.14 Å². The molecule has 1 unspecified atom stereocenters. The van der Waals surface area contributed by atoms with Crippen molar-refractivity contribution in [3.8, 4) is 5.75 Å². The van der Waals surface area contributed by atoms with Crippen molar-refractivity contribution >= 4 is 10.0 Å². The van der Waals surface area contributed by atoms with Crippen LogP contribution in [0.5, 0.6) is 5.75 Å². The van der Waals surface area contributed by atoms with Crippen LogP contribution in [0.3, 0.4) is 0 Å². The van der Waals surface area contributed by atoms with Gasteiger partial charge in [-0.05, 0) is 36.6 Å². The lowest BCUT2D eigenvalue weighted by molar-refractivity contribution is -0.165. The lowest BCUT2D eigenvalue weighted by Gasteiger charge is -2.15. The van der Waals surface area contributed by atoms with Crippen LogP contribution < -0.4 is 15.2 Å². The first kappa shape index (κ1) is 17.5. The van der Waals surface area contributed by atoms with Gasteiger partial charge in [0.1, 0.15) is 5.75 Å². The highest BCUT2D eigenvalue weighted by Gasteiger charge is 2.19. The Hall–Kier alpha value is -1.89. The fourth-order valence-corrected chi connectivity index (χ4v) is 3.19. The molecule has 2 aromatic carbocycles. The molecule has 6 heteroatoms. The highest BCUT2D eigenvalue weighted by Crippen LogP contribution is 2.23. The second-order valence-corrected chi connectivity index (χ2v) is 7.24. The van der Waals surface area contributed by atoms with Crippen LogP contribution in [-0.4, -0.2) is 21.6 Å². The molecule has 0 spiro atoms. The van der Waals surface area contributed by atoms with Gasteiger partial charge in [0, 0.05) is 12.6 Å². The monoisotopic (exact) mass is 335 g/mol. The summed E-state index contributed by atoms with van der Waals surface area (Å²) >= 11 is 0. The molecule has 0 aromatic heterocycles. The number of ether oxygens (including phenoxy) is 1. The smallest absolute Gasteiger partial charge is 0.326 e. The topological polar surface area (TPSA) is 83.0 Å². The number of methoxy groups -OCH3 is 1. The zero-order valence-electron chi connectivity index (χ0n) is 13.5. The Labute approximate surface area is 137 Å². The van der Waals surface area contributed by atoms with Crippen LogP contribution in [0.4, 0.5) is 0 Å². The van der Waals surface area contributed by atoms with Crippen LogP contribution in [0, 0.1) is 0 Å². The van der Waals surface area contributed by atoms with Crippen LogP contribution in [-0.2, 0) is 23.0 Å². The molecule has 0 aliphatic carbocycles. The van der Waals surface area contributed by atoms with Gasteiger partial charge < -0.3 is 10.1 Å². The SMILES string of the molecule is COc1ccc(CC(C)NCc2ccccc2)cc1S([NH3+])(=O)=O. The molecule has 0 saturated carbocycles. The summed E-state index contributed by atoms with van der Waals surface area (Å²) in [5, 5.41) is 6.66. The van der Waals surface area contributed by atoms with Crippen molar-refractivity contribution in [1.82, 2.24) is 5.32 Å². The molecule has 124 valence electrons. The van der Waals surface area contributed by atoms with Gasteiger partial charge in [-0.1, -0.05) is 36.4 Å². The van der Waals surface area contributed by atoms with E-state index in [0.717, 1.165) is 18.5 Å². The molecule has 0 aliphatic rings. The Balaban J connectivity index is 2.05. The maximum absolute atomic E-state index is 11.8. The number of nitrogens with one attached hydrogen (secondary N) is 1. The molecule has 5 nitrogen and oxygen atoms in total. The van der Waals surface area contributed by atoms with Gasteiger partial charge >= 0.3 is 10.0 Å². The molecule has 4 N–H and O–H groups in total. The molecule has 0 aliphatic heterocycles. The van der Waals surface area contributed by atoms with Gasteiger partial charge in [-0.3, -0.25) is 0 Å². The van der Waals surface area contributed by atoms with E-state index in [9.17, 15) is 8.42 Å². The van der Waals surface area contributed by atoms with E-state index in [0.29, 0.717) is 5.75 Å². The highest BCUT2D eigenvalue weighted by atomic mass is 32.2. The summed E-state index contributed by atoms with van der Waals surface area (Å²) in [6, 6.07) is 15.6. The quantitative estimate of drug-likeness (QED) is 0.800.